The summed E-state index contributed by atoms with van der Waals surface area (Å²) in [5.41, 5.74) is 6.66. The first kappa shape index (κ1) is 21.8. The molecule has 3 aromatic rings. The Balaban J connectivity index is 2.03. The molecule has 0 spiro atoms. The van der Waals surface area contributed by atoms with Gasteiger partial charge in [0.05, 0.1) is 6.54 Å². The highest BCUT2D eigenvalue weighted by Gasteiger charge is 2.23. The third-order valence-corrected chi connectivity index (χ3v) is 4.70. The molecule has 0 saturated carbocycles. The molecule has 0 fully saturated rings. The molecule has 0 radical (unpaired) electrons. The number of anilines is 2. The molecule has 3 rings (SSSR count). The number of nitrogen functional groups attached to an aromatic ring is 1. The number of nitrogens with zero attached hydrogens (tertiary/aromatic N) is 2. The van der Waals surface area contributed by atoms with Crippen LogP contribution in [0.25, 0.3) is 6.08 Å². The van der Waals surface area contributed by atoms with Crippen LogP contribution in [0.4, 0.5) is 11.5 Å². The summed E-state index contributed by atoms with van der Waals surface area (Å²) >= 11 is 0. The minimum atomic E-state index is -0.686. The van der Waals surface area contributed by atoms with E-state index in [0.29, 0.717) is 0 Å². The van der Waals surface area contributed by atoms with Gasteiger partial charge in [-0.15, -0.1) is 0 Å². The van der Waals surface area contributed by atoms with Gasteiger partial charge in [0.25, 0.3) is 11.5 Å². The van der Waals surface area contributed by atoms with Gasteiger partial charge in [-0.3, -0.25) is 19.1 Å². The van der Waals surface area contributed by atoms with E-state index in [1.165, 1.54) is 15.5 Å². The van der Waals surface area contributed by atoms with Crippen molar-refractivity contribution < 1.29 is 4.79 Å². The highest BCUT2D eigenvalue weighted by molar-refractivity contribution is 6.05. The Hall–Kier alpha value is -3.87. The maximum absolute atomic E-state index is 13.1. The van der Waals surface area contributed by atoms with E-state index in [4.69, 9.17) is 5.73 Å². The number of hydrogen-bond donors (Lipinski definition) is 2. The zero-order valence-corrected chi connectivity index (χ0v) is 17.6. The van der Waals surface area contributed by atoms with Gasteiger partial charge in [-0.1, -0.05) is 74.5 Å². The summed E-state index contributed by atoms with van der Waals surface area (Å²) in [6.45, 7) is 4.32. The third kappa shape index (κ3) is 5.39. The van der Waals surface area contributed by atoms with Crippen molar-refractivity contribution in [2.24, 2.45) is 5.92 Å². The van der Waals surface area contributed by atoms with Crippen molar-refractivity contribution in [3.8, 4) is 0 Å². The van der Waals surface area contributed by atoms with E-state index in [-0.39, 0.29) is 36.4 Å². The second-order valence-corrected chi connectivity index (χ2v) is 7.65. The monoisotopic (exact) mass is 418 g/mol. The highest BCUT2D eigenvalue weighted by atomic mass is 16.2. The molecule has 0 aliphatic rings. The van der Waals surface area contributed by atoms with Crippen LogP contribution in [0.5, 0.6) is 0 Å². The minimum Gasteiger partial charge on any atom is -0.383 e. The van der Waals surface area contributed by atoms with Gasteiger partial charge in [-0.25, -0.2) is 4.79 Å². The van der Waals surface area contributed by atoms with Crippen LogP contribution in [0, 0.1) is 5.92 Å². The first-order valence-corrected chi connectivity index (χ1v) is 10.1. The van der Waals surface area contributed by atoms with Gasteiger partial charge in [0.2, 0.25) is 0 Å². The zero-order valence-electron chi connectivity index (χ0n) is 17.6. The minimum absolute atomic E-state index is 0.0213. The molecular weight excluding hydrogens is 392 g/mol. The van der Waals surface area contributed by atoms with E-state index in [1.807, 2.05) is 74.5 Å². The maximum Gasteiger partial charge on any atom is 0.330 e. The second-order valence-electron chi connectivity index (χ2n) is 7.65. The van der Waals surface area contributed by atoms with Gasteiger partial charge in [-0.2, -0.15) is 0 Å². The zero-order chi connectivity index (χ0) is 22.4. The van der Waals surface area contributed by atoms with Crippen molar-refractivity contribution in [3.63, 3.8) is 0 Å². The van der Waals surface area contributed by atoms with Gasteiger partial charge in [0, 0.05) is 12.6 Å². The Kier molecular flexibility index (Phi) is 6.87. The van der Waals surface area contributed by atoms with E-state index in [1.54, 1.807) is 6.08 Å². The molecular formula is C24H26N4O3. The summed E-state index contributed by atoms with van der Waals surface area (Å²) in [6.07, 6.45) is 3.09. The number of hydrogen-bond acceptors (Lipinski definition) is 4. The molecule has 0 atom stereocenters. The Bertz CT molecular complexity index is 1180. The maximum atomic E-state index is 13.1. The van der Waals surface area contributed by atoms with E-state index in [9.17, 15) is 14.4 Å². The van der Waals surface area contributed by atoms with Crippen LogP contribution in [-0.4, -0.2) is 22.0 Å². The predicted octanol–water partition coefficient (Wildman–Crippen LogP) is 2.87. The van der Waals surface area contributed by atoms with Crippen LogP contribution in [-0.2, 0) is 11.3 Å². The molecule has 0 unspecified atom stereocenters. The molecule has 0 aliphatic heterocycles. The smallest absolute Gasteiger partial charge is 0.330 e. The molecule has 2 aromatic carbocycles. The van der Waals surface area contributed by atoms with Crippen LogP contribution in [0.15, 0.2) is 76.3 Å². The molecule has 1 heterocycles. The summed E-state index contributed by atoms with van der Waals surface area (Å²) in [4.78, 5) is 41.8. The molecule has 160 valence electrons. The Morgan fingerprint density at radius 1 is 1.06 bits per heavy atom. The lowest BCUT2D eigenvalue weighted by Crippen LogP contribution is -2.42. The number of carbonyl (C=O) groups excluding carboxylic acids is 1. The molecule has 1 amide bonds. The number of H-pyrrole nitrogens is 1. The standard InChI is InChI=1S/C24H26N4O3/c1-17(2)15-27(20(29)14-13-18-9-5-3-6-10-18)21-22(25)28(24(31)26-23(21)30)16-19-11-7-4-8-12-19/h3-14,17H,15-16,25H2,1-2H3,(H,26,30,31)/b14-13+. The average molecular weight is 418 g/mol. The summed E-state index contributed by atoms with van der Waals surface area (Å²) < 4.78 is 1.27. The van der Waals surface area contributed by atoms with Crippen molar-refractivity contribution in [2.45, 2.75) is 20.4 Å². The highest BCUT2D eigenvalue weighted by Crippen LogP contribution is 2.20. The first-order chi connectivity index (χ1) is 14.9. The third-order valence-electron chi connectivity index (χ3n) is 4.70. The largest absolute Gasteiger partial charge is 0.383 e. The fraction of sp³-hybridized carbons (Fsp3) is 0.208. The van der Waals surface area contributed by atoms with E-state index in [0.717, 1.165) is 11.1 Å². The van der Waals surface area contributed by atoms with Crippen LogP contribution < -0.4 is 21.9 Å². The SMILES string of the molecule is CC(C)CN(C(=O)/C=C/c1ccccc1)c1c(N)n(Cc2ccccc2)c(=O)[nH]c1=O. The van der Waals surface area contributed by atoms with Crippen LogP contribution in [0.2, 0.25) is 0 Å². The van der Waals surface area contributed by atoms with Crippen molar-refractivity contribution in [1.82, 2.24) is 9.55 Å². The van der Waals surface area contributed by atoms with Crippen molar-refractivity contribution in [1.29, 1.82) is 0 Å². The molecule has 0 saturated heterocycles. The number of aromatic nitrogens is 2. The number of nitrogens with two attached hydrogens (primary N) is 1. The molecule has 0 bridgehead atoms. The number of rotatable bonds is 7. The van der Waals surface area contributed by atoms with E-state index in [2.05, 4.69) is 4.98 Å². The summed E-state index contributed by atoms with van der Waals surface area (Å²) in [5, 5.41) is 0. The Morgan fingerprint density at radius 2 is 1.68 bits per heavy atom. The lowest BCUT2D eigenvalue weighted by atomic mass is 10.1. The summed E-state index contributed by atoms with van der Waals surface area (Å²) in [7, 11) is 0. The molecule has 7 nitrogen and oxygen atoms in total. The van der Waals surface area contributed by atoms with Crippen LogP contribution >= 0.6 is 0 Å². The Labute approximate surface area is 180 Å². The number of nitrogens with one attached hydrogen (secondary N) is 1. The van der Waals surface area contributed by atoms with Crippen molar-refractivity contribution >= 4 is 23.5 Å². The normalized spacial score (nSPS) is 11.2. The lowest BCUT2D eigenvalue weighted by Gasteiger charge is -2.25. The van der Waals surface area contributed by atoms with Gasteiger partial charge < -0.3 is 10.6 Å². The van der Waals surface area contributed by atoms with Gasteiger partial charge >= 0.3 is 5.69 Å². The van der Waals surface area contributed by atoms with Crippen LogP contribution in [0.1, 0.15) is 25.0 Å². The van der Waals surface area contributed by atoms with Gasteiger partial charge in [-0.05, 0) is 23.1 Å². The first-order valence-electron chi connectivity index (χ1n) is 10.1. The topological polar surface area (TPSA) is 101 Å². The van der Waals surface area contributed by atoms with E-state index >= 15 is 0 Å². The van der Waals surface area contributed by atoms with Crippen molar-refractivity contribution in [3.05, 3.63) is 98.7 Å². The fourth-order valence-corrected chi connectivity index (χ4v) is 3.24. The van der Waals surface area contributed by atoms with Crippen LogP contribution in [0.3, 0.4) is 0 Å². The average Bonchev–Trinajstić information content (AvgIpc) is 2.75. The van der Waals surface area contributed by atoms with Gasteiger partial charge in [0.1, 0.15) is 5.82 Å². The molecule has 1 aromatic heterocycles. The molecule has 3 N–H and O–H groups in total. The Morgan fingerprint density at radius 3 is 2.29 bits per heavy atom. The lowest BCUT2D eigenvalue weighted by molar-refractivity contribution is -0.114. The molecule has 31 heavy (non-hydrogen) atoms. The van der Waals surface area contributed by atoms with Gasteiger partial charge in [0.15, 0.2) is 5.69 Å². The summed E-state index contributed by atoms with van der Waals surface area (Å²) in [6, 6.07) is 18.7. The number of carbonyl (C=O) groups is 1. The predicted molar refractivity (Wildman–Crippen MR) is 124 cm³/mol. The van der Waals surface area contributed by atoms with E-state index < -0.39 is 11.2 Å². The second kappa shape index (κ2) is 9.75. The summed E-state index contributed by atoms with van der Waals surface area (Å²) in [5.74, 6) is -0.359. The molecule has 7 heteroatoms. The number of aromatic amines is 1. The fourth-order valence-electron chi connectivity index (χ4n) is 3.24. The quantitative estimate of drug-likeness (QED) is 0.576. The number of benzene rings is 2. The molecule has 0 aliphatic carbocycles. The number of amides is 1. The van der Waals surface area contributed by atoms with Crippen molar-refractivity contribution in [2.75, 3.05) is 17.2 Å².